The summed E-state index contributed by atoms with van der Waals surface area (Å²) in [4.78, 5) is 14.4. The van der Waals surface area contributed by atoms with Crippen LogP contribution in [0.15, 0.2) is 23.1 Å². The Morgan fingerprint density at radius 3 is 2.46 bits per heavy atom. The van der Waals surface area contributed by atoms with Crippen molar-refractivity contribution in [1.82, 2.24) is 20.0 Å². The molecule has 0 unspecified atom stereocenters. The highest BCUT2D eigenvalue weighted by Gasteiger charge is 2.25. The van der Waals surface area contributed by atoms with Gasteiger partial charge in [-0.3, -0.25) is 14.9 Å². The minimum Gasteiger partial charge on any atom is -0.481 e. The molecule has 1 aromatic heterocycles. The number of amides is 1. The average molecular weight is 380 g/mol. The molecule has 8 nitrogen and oxygen atoms in total. The molecular weight excluding hydrogens is 356 g/mol. The summed E-state index contributed by atoms with van der Waals surface area (Å²) in [6, 6.07) is 5.54. The number of hydrogen-bond acceptors (Lipinski definition) is 5. The van der Waals surface area contributed by atoms with Gasteiger partial charge in [-0.25, -0.2) is 8.42 Å². The number of aryl methyl sites for hydroxylation is 3. The highest BCUT2D eigenvalue weighted by atomic mass is 32.2. The molecule has 0 bridgehead atoms. The Balaban J connectivity index is 2.06. The summed E-state index contributed by atoms with van der Waals surface area (Å²) in [5.74, 6) is -0.0249. The van der Waals surface area contributed by atoms with Crippen molar-refractivity contribution in [2.45, 2.75) is 45.6 Å². The van der Waals surface area contributed by atoms with E-state index >= 15 is 0 Å². The van der Waals surface area contributed by atoms with Crippen molar-refractivity contribution in [3.8, 4) is 5.75 Å². The van der Waals surface area contributed by atoms with E-state index < -0.39 is 22.0 Å². The molecule has 0 saturated heterocycles. The van der Waals surface area contributed by atoms with E-state index in [1.165, 1.54) is 4.68 Å². The first-order chi connectivity index (χ1) is 12.0. The van der Waals surface area contributed by atoms with Crippen molar-refractivity contribution in [3.05, 3.63) is 40.7 Å². The van der Waals surface area contributed by atoms with Crippen LogP contribution in [0.1, 0.15) is 29.4 Å². The lowest BCUT2D eigenvalue weighted by Gasteiger charge is -2.17. The van der Waals surface area contributed by atoms with E-state index in [0.717, 1.165) is 11.1 Å². The lowest BCUT2D eigenvalue weighted by atomic mass is 10.1. The zero-order valence-electron chi connectivity index (χ0n) is 15.7. The fraction of sp³-hybridized carbons (Fsp3) is 0.412. The largest absolute Gasteiger partial charge is 0.481 e. The van der Waals surface area contributed by atoms with Crippen molar-refractivity contribution in [2.75, 3.05) is 0 Å². The topological polar surface area (TPSA) is 102 Å². The number of nitrogens with zero attached hydrogens (tertiary/aromatic N) is 2. The van der Waals surface area contributed by atoms with Crippen molar-refractivity contribution in [3.63, 3.8) is 0 Å². The van der Waals surface area contributed by atoms with Crippen LogP contribution in [0.3, 0.4) is 0 Å². The van der Waals surface area contributed by atoms with Gasteiger partial charge in [-0.2, -0.15) is 5.10 Å². The second-order valence-electron chi connectivity index (χ2n) is 6.18. The van der Waals surface area contributed by atoms with Crippen molar-refractivity contribution < 1.29 is 17.9 Å². The first-order valence-corrected chi connectivity index (χ1v) is 9.57. The monoisotopic (exact) mass is 380 g/mol. The number of carbonyl (C=O) groups is 1. The van der Waals surface area contributed by atoms with Crippen LogP contribution in [0.25, 0.3) is 0 Å². The van der Waals surface area contributed by atoms with E-state index in [1.807, 2.05) is 26.0 Å². The molecule has 0 saturated carbocycles. The van der Waals surface area contributed by atoms with E-state index in [-0.39, 0.29) is 4.90 Å². The molecule has 2 N–H and O–H groups in total. The van der Waals surface area contributed by atoms with Crippen LogP contribution >= 0.6 is 0 Å². The van der Waals surface area contributed by atoms with Gasteiger partial charge in [0.2, 0.25) is 0 Å². The molecule has 1 atom stereocenters. The quantitative estimate of drug-likeness (QED) is 0.738. The Hall–Kier alpha value is -2.39. The molecule has 1 heterocycles. The van der Waals surface area contributed by atoms with E-state index in [2.05, 4.69) is 15.4 Å². The summed E-state index contributed by atoms with van der Waals surface area (Å²) in [6.45, 7) is 8.62. The summed E-state index contributed by atoms with van der Waals surface area (Å²) >= 11 is 0. The minimum absolute atomic E-state index is 0.0448. The van der Waals surface area contributed by atoms with Crippen LogP contribution < -0.4 is 15.0 Å². The number of nitrogens with one attached hydrogen (secondary N) is 2. The molecular formula is C17H24N4O4S. The van der Waals surface area contributed by atoms with E-state index in [9.17, 15) is 13.2 Å². The van der Waals surface area contributed by atoms with Crippen LogP contribution in [-0.2, 0) is 21.9 Å². The third kappa shape index (κ3) is 4.05. The number of hydrogen-bond donors (Lipinski definition) is 2. The Labute approximate surface area is 153 Å². The standard InChI is InChI=1S/C17H24N4O4S/c1-10-8-7-9-15(11(10)2)25-14(5)17(22)18-20-26(23,24)16-12(3)19-21(6)13(16)4/h7-9,14,20H,1-6H3,(H,18,22)/t14-/m1/s1. The molecule has 0 spiro atoms. The molecule has 0 aliphatic carbocycles. The summed E-state index contributed by atoms with van der Waals surface area (Å²) in [7, 11) is -2.29. The summed E-state index contributed by atoms with van der Waals surface area (Å²) < 4.78 is 32.0. The molecule has 1 aromatic carbocycles. The molecule has 2 rings (SSSR count). The van der Waals surface area contributed by atoms with Crippen LogP contribution in [0.2, 0.25) is 0 Å². The smallest absolute Gasteiger partial charge is 0.275 e. The maximum absolute atomic E-state index is 12.5. The van der Waals surface area contributed by atoms with Gasteiger partial charge in [-0.1, -0.05) is 12.1 Å². The first kappa shape index (κ1) is 19.9. The Morgan fingerprint density at radius 2 is 1.88 bits per heavy atom. The fourth-order valence-electron chi connectivity index (χ4n) is 2.51. The fourth-order valence-corrected chi connectivity index (χ4v) is 3.80. The maximum atomic E-state index is 12.5. The summed E-state index contributed by atoms with van der Waals surface area (Å²) in [5.41, 5.74) is 4.99. The van der Waals surface area contributed by atoms with Crippen LogP contribution in [0.4, 0.5) is 0 Å². The molecule has 0 aliphatic heterocycles. The number of benzene rings is 1. The van der Waals surface area contributed by atoms with E-state index in [0.29, 0.717) is 17.1 Å². The average Bonchev–Trinajstić information content (AvgIpc) is 2.82. The minimum atomic E-state index is -3.94. The SMILES string of the molecule is Cc1cccc(O[C@H](C)C(=O)NNS(=O)(=O)c2c(C)nn(C)c2C)c1C. The van der Waals surface area contributed by atoms with Crippen LogP contribution in [-0.4, -0.2) is 30.2 Å². The first-order valence-electron chi connectivity index (χ1n) is 8.09. The zero-order chi connectivity index (χ0) is 19.6. The molecule has 26 heavy (non-hydrogen) atoms. The number of aromatic nitrogens is 2. The number of hydrazine groups is 1. The molecule has 0 fully saturated rings. The number of carbonyl (C=O) groups excluding carboxylic acids is 1. The van der Waals surface area contributed by atoms with Gasteiger partial charge in [0, 0.05) is 7.05 Å². The van der Waals surface area contributed by atoms with Gasteiger partial charge >= 0.3 is 0 Å². The highest BCUT2D eigenvalue weighted by Crippen LogP contribution is 2.22. The van der Waals surface area contributed by atoms with E-state index in [1.54, 1.807) is 33.9 Å². The van der Waals surface area contributed by atoms with Crippen molar-refractivity contribution in [2.24, 2.45) is 7.05 Å². The van der Waals surface area contributed by atoms with Crippen molar-refractivity contribution >= 4 is 15.9 Å². The van der Waals surface area contributed by atoms with E-state index in [4.69, 9.17) is 4.74 Å². The molecule has 142 valence electrons. The van der Waals surface area contributed by atoms with Crippen LogP contribution in [0.5, 0.6) is 5.75 Å². The normalized spacial score (nSPS) is 12.7. The molecule has 1 amide bonds. The number of sulfonamides is 1. The lowest BCUT2D eigenvalue weighted by molar-refractivity contribution is -0.127. The molecule has 0 aliphatic rings. The molecule has 2 aromatic rings. The number of ether oxygens (including phenoxy) is 1. The Bertz CT molecular complexity index is 934. The highest BCUT2D eigenvalue weighted by molar-refractivity contribution is 7.89. The second-order valence-corrected chi connectivity index (χ2v) is 7.80. The Morgan fingerprint density at radius 1 is 1.23 bits per heavy atom. The second kappa shape index (κ2) is 7.46. The maximum Gasteiger partial charge on any atom is 0.275 e. The molecule has 9 heteroatoms. The number of rotatable bonds is 6. The molecule has 0 radical (unpaired) electrons. The third-order valence-electron chi connectivity index (χ3n) is 4.25. The van der Waals surface area contributed by atoms with Gasteiger partial charge in [0.05, 0.1) is 11.4 Å². The Kier molecular flexibility index (Phi) is 5.72. The van der Waals surface area contributed by atoms with Crippen molar-refractivity contribution in [1.29, 1.82) is 0 Å². The predicted molar refractivity (Wildman–Crippen MR) is 97.2 cm³/mol. The van der Waals surface area contributed by atoms with Gasteiger partial charge in [0.1, 0.15) is 10.6 Å². The third-order valence-corrected chi connectivity index (χ3v) is 5.75. The van der Waals surface area contributed by atoms with Gasteiger partial charge in [0.15, 0.2) is 6.10 Å². The lowest BCUT2D eigenvalue weighted by Crippen LogP contribution is -2.47. The zero-order valence-corrected chi connectivity index (χ0v) is 16.6. The van der Waals surface area contributed by atoms with Gasteiger partial charge in [-0.15, -0.1) is 4.83 Å². The summed E-state index contributed by atoms with van der Waals surface area (Å²) in [5, 5.41) is 4.07. The van der Waals surface area contributed by atoms with Gasteiger partial charge in [-0.05, 0) is 51.8 Å². The van der Waals surface area contributed by atoms with Gasteiger partial charge < -0.3 is 4.74 Å². The van der Waals surface area contributed by atoms with Crippen LogP contribution in [0, 0.1) is 27.7 Å². The summed E-state index contributed by atoms with van der Waals surface area (Å²) in [6.07, 6.45) is -0.880. The predicted octanol–water partition coefficient (Wildman–Crippen LogP) is 1.43. The van der Waals surface area contributed by atoms with Gasteiger partial charge in [0.25, 0.3) is 15.9 Å².